The molecule has 0 radical (unpaired) electrons. The van der Waals surface area contributed by atoms with E-state index in [0.29, 0.717) is 49.5 Å². The highest BCUT2D eigenvalue weighted by atomic mass is 16.5. The minimum atomic E-state index is -0.536. The first-order chi connectivity index (χ1) is 17.9. The first-order valence-corrected chi connectivity index (χ1v) is 12.3. The van der Waals surface area contributed by atoms with E-state index >= 15 is 0 Å². The van der Waals surface area contributed by atoms with Gasteiger partial charge in [0, 0.05) is 48.9 Å². The Morgan fingerprint density at radius 3 is 2.46 bits per heavy atom. The van der Waals surface area contributed by atoms with Crippen LogP contribution in [0.25, 0.3) is 11.1 Å². The Balaban J connectivity index is 1.42. The minimum absolute atomic E-state index is 0.0542. The molecule has 0 saturated carbocycles. The molecule has 0 bridgehead atoms. The monoisotopic (exact) mass is 499 g/mol. The van der Waals surface area contributed by atoms with Gasteiger partial charge in [0.1, 0.15) is 5.82 Å². The Hall–Kier alpha value is -4.24. The molecular formula is C28H29N5O4. The first kappa shape index (κ1) is 24.5. The Bertz CT molecular complexity index is 1360. The van der Waals surface area contributed by atoms with Crippen LogP contribution in [0, 0.1) is 0 Å². The fourth-order valence-corrected chi connectivity index (χ4v) is 5.04. The fourth-order valence-electron chi connectivity index (χ4n) is 5.04. The summed E-state index contributed by atoms with van der Waals surface area (Å²) in [5.74, 6) is 0.144. The highest BCUT2D eigenvalue weighted by Gasteiger charge is 2.34. The van der Waals surface area contributed by atoms with Crippen LogP contribution in [0.3, 0.4) is 0 Å². The lowest BCUT2D eigenvalue weighted by Crippen LogP contribution is -2.33. The average Bonchev–Trinajstić information content (AvgIpc) is 3.50. The molecule has 5 rings (SSSR count). The van der Waals surface area contributed by atoms with E-state index in [-0.39, 0.29) is 18.0 Å². The minimum Gasteiger partial charge on any atom is -0.379 e. The van der Waals surface area contributed by atoms with Gasteiger partial charge in [-0.25, -0.2) is 9.78 Å². The number of methoxy groups -OCH3 is 1. The third-order valence-corrected chi connectivity index (χ3v) is 7.01. The number of carbonyl (C=O) groups is 3. The molecule has 2 aliphatic heterocycles. The zero-order valence-corrected chi connectivity index (χ0v) is 20.9. The third-order valence-electron chi connectivity index (χ3n) is 7.01. The Morgan fingerprint density at radius 1 is 1.03 bits per heavy atom. The smallest absolute Gasteiger partial charge is 0.330 e. The second kappa shape index (κ2) is 10.0. The van der Waals surface area contributed by atoms with E-state index in [0.717, 1.165) is 22.4 Å². The summed E-state index contributed by atoms with van der Waals surface area (Å²) in [6.07, 6.45) is 2.70. The predicted octanol–water partition coefficient (Wildman–Crippen LogP) is 3.61. The van der Waals surface area contributed by atoms with Gasteiger partial charge >= 0.3 is 6.03 Å². The van der Waals surface area contributed by atoms with Gasteiger partial charge in [-0.3, -0.25) is 19.4 Å². The predicted molar refractivity (Wildman–Crippen MR) is 142 cm³/mol. The summed E-state index contributed by atoms with van der Waals surface area (Å²) in [4.78, 5) is 47.1. The van der Waals surface area contributed by atoms with Crippen LogP contribution in [0.5, 0.6) is 0 Å². The number of aromatic nitrogens is 1. The number of hydrogen-bond donors (Lipinski definition) is 1. The van der Waals surface area contributed by atoms with Crippen LogP contribution < -0.4 is 20.4 Å². The van der Waals surface area contributed by atoms with Crippen LogP contribution in [0.15, 0.2) is 60.8 Å². The summed E-state index contributed by atoms with van der Waals surface area (Å²) in [5.41, 5.74) is 10.2. The highest BCUT2D eigenvalue weighted by molar-refractivity contribution is 6.07. The van der Waals surface area contributed by atoms with Gasteiger partial charge in [-0.15, -0.1) is 0 Å². The van der Waals surface area contributed by atoms with Crippen LogP contribution >= 0.6 is 0 Å². The number of pyridine rings is 1. The van der Waals surface area contributed by atoms with E-state index in [1.807, 2.05) is 37.3 Å². The maximum Gasteiger partial charge on any atom is 0.330 e. The lowest BCUT2D eigenvalue weighted by Gasteiger charge is -2.22. The standard InChI is InChI=1S/C28H29N5O4/c1-3-23-24(18-7-9-20(10-8-18)33-17-22(37-2)16-25(33)34)11-12-30-27(23)32-14-13-31(28(32)36)21-6-4-5-19(15-21)26(29)35/h4-12,15,22H,3,13-14,16-17H2,1-2H3,(H2,29,35)/t22-/m1/s1. The molecule has 0 unspecified atom stereocenters. The number of nitrogens with two attached hydrogens (primary N) is 1. The number of anilines is 3. The topological polar surface area (TPSA) is 109 Å². The van der Waals surface area contributed by atoms with Gasteiger partial charge in [0.05, 0.1) is 19.1 Å². The second-order valence-electron chi connectivity index (χ2n) is 9.13. The summed E-state index contributed by atoms with van der Waals surface area (Å²) >= 11 is 0. The largest absolute Gasteiger partial charge is 0.379 e. The van der Waals surface area contributed by atoms with Crippen LogP contribution in [0.1, 0.15) is 29.3 Å². The quantitative estimate of drug-likeness (QED) is 0.534. The van der Waals surface area contributed by atoms with Crippen molar-refractivity contribution in [2.75, 3.05) is 41.4 Å². The van der Waals surface area contributed by atoms with Crippen molar-refractivity contribution in [3.63, 3.8) is 0 Å². The molecule has 37 heavy (non-hydrogen) atoms. The van der Waals surface area contributed by atoms with Crippen molar-refractivity contribution >= 4 is 35.0 Å². The number of carbonyl (C=O) groups excluding carboxylic acids is 3. The number of rotatable bonds is 7. The second-order valence-corrected chi connectivity index (χ2v) is 9.13. The first-order valence-electron chi connectivity index (χ1n) is 12.3. The van der Waals surface area contributed by atoms with E-state index in [1.165, 1.54) is 0 Å². The molecule has 1 atom stereocenters. The molecule has 1 aromatic heterocycles. The molecule has 2 aromatic carbocycles. The van der Waals surface area contributed by atoms with Crippen molar-refractivity contribution in [2.24, 2.45) is 5.73 Å². The van der Waals surface area contributed by atoms with Crippen molar-refractivity contribution in [3.05, 3.63) is 71.9 Å². The molecule has 4 amide bonds. The Morgan fingerprint density at radius 2 is 1.78 bits per heavy atom. The summed E-state index contributed by atoms with van der Waals surface area (Å²) < 4.78 is 5.35. The lowest BCUT2D eigenvalue weighted by atomic mass is 9.98. The van der Waals surface area contributed by atoms with E-state index in [9.17, 15) is 14.4 Å². The number of benzene rings is 2. The van der Waals surface area contributed by atoms with Gasteiger partial charge < -0.3 is 15.4 Å². The number of hydrogen-bond acceptors (Lipinski definition) is 5. The SMILES string of the molecule is CCc1c(-c2ccc(N3C[C@H](OC)CC3=O)cc2)ccnc1N1CCN(c2cccc(C(N)=O)c2)C1=O. The summed E-state index contributed by atoms with van der Waals surface area (Å²) in [6, 6.07) is 16.4. The molecular weight excluding hydrogens is 470 g/mol. The van der Waals surface area contributed by atoms with Crippen LogP contribution in [0.4, 0.5) is 22.0 Å². The van der Waals surface area contributed by atoms with Gasteiger partial charge in [-0.05, 0) is 53.9 Å². The molecule has 2 saturated heterocycles. The van der Waals surface area contributed by atoms with E-state index < -0.39 is 5.91 Å². The fraction of sp³-hybridized carbons (Fsp3) is 0.286. The van der Waals surface area contributed by atoms with Gasteiger partial charge in [0.15, 0.2) is 0 Å². The maximum absolute atomic E-state index is 13.4. The molecule has 0 spiro atoms. The van der Waals surface area contributed by atoms with Gasteiger partial charge in [0.2, 0.25) is 11.8 Å². The van der Waals surface area contributed by atoms with E-state index in [2.05, 4.69) is 4.98 Å². The number of ether oxygens (including phenoxy) is 1. The number of primary amides is 1. The van der Waals surface area contributed by atoms with Gasteiger partial charge in [-0.1, -0.05) is 25.1 Å². The van der Waals surface area contributed by atoms with Crippen molar-refractivity contribution < 1.29 is 19.1 Å². The number of amides is 4. The molecule has 190 valence electrons. The van der Waals surface area contributed by atoms with Gasteiger partial charge in [0.25, 0.3) is 0 Å². The average molecular weight is 500 g/mol. The Kier molecular flexibility index (Phi) is 6.62. The van der Waals surface area contributed by atoms with Crippen LogP contribution in [0.2, 0.25) is 0 Å². The summed E-state index contributed by atoms with van der Waals surface area (Å²) in [6.45, 7) is 3.53. The molecule has 2 N–H and O–H groups in total. The molecule has 9 nitrogen and oxygen atoms in total. The number of urea groups is 1. The molecule has 3 heterocycles. The molecule has 0 aliphatic carbocycles. The zero-order chi connectivity index (χ0) is 26.1. The molecule has 9 heteroatoms. The van der Waals surface area contributed by atoms with Crippen molar-refractivity contribution in [2.45, 2.75) is 25.9 Å². The van der Waals surface area contributed by atoms with E-state index in [4.69, 9.17) is 10.5 Å². The van der Waals surface area contributed by atoms with Gasteiger partial charge in [-0.2, -0.15) is 0 Å². The maximum atomic E-state index is 13.4. The van der Waals surface area contributed by atoms with Crippen molar-refractivity contribution in [1.29, 1.82) is 0 Å². The summed E-state index contributed by atoms with van der Waals surface area (Å²) in [7, 11) is 1.63. The molecule has 2 fully saturated rings. The highest BCUT2D eigenvalue weighted by Crippen LogP contribution is 2.34. The van der Waals surface area contributed by atoms with Crippen LogP contribution in [-0.2, 0) is 16.0 Å². The van der Waals surface area contributed by atoms with Crippen molar-refractivity contribution in [1.82, 2.24) is 4.98 Å². The van der Waals surface area contributed by atoms with E-state index in [1.54, 1.807) is 52.3 Å². The van der Waals surface area contributed by atoms with Crippen molar-refractivity contribution in [3.8, 4) is 11.1 Å². The zero-order valence-electron chi connectivity index (χ0n) is 20.9. The van der Waals surface area contributed by atoms with Crippen LogP contribution in [-0.4, -0.2) is 55.7 Å². The summed E-state index contributed by atoms with van der Waals surface area (Å²) in [5, 5.41) is 0. The molecule has 3 aromatic rings. The normalized spacial score (nSPS) is 17.7. The number of nitrogens with zero attached hydrogens (tertiary/aromatic N) is 4. The Labute approximate surface area is 215 Å². The molecule has 2 aliphatic rings. The lowest BCUT2D eigenvalue weighted by molar-refractivity contribution is -0.117. The third kappa shape index (κ3) is 4.53.